The number of likely N-dealkylation sites (tertiary alicyclic amines) is 1. The molecule has 0 radical (unpaired) electrons. The van der Waals surface area contributed by atoms with Gasteiger partial charge >= 0.3 is 0 Å². The van der Waals surface area contributed by atoms with Gasteiger partial charge in [0.05, 0.1) is 6.61 Å². The van der Waals surface area contributed by atoms with Crippen LogP contribution in [0.15, 0.2) is 29.3 Å². The summed E-state index contributed by atoms with van der Waals surface area (Å²) in [6.45, 7) is 5.16. The van der Waals surface area contributed by atoms with E-state index in [9.17, 15) is 4.79 Å². The highest BCUT2D eigenvalue weighted by atomic mass is 127. The van der Waals surface area contributed by atoms with E-state index in [1.54, 1.807) is 7.11 Å². The van der Waals surface area contributed by atoms with Gasteiger partial charge in [-0.3, -0.25) is 9.79 Å². The Hall–Kier alpha value is -1.35. The second kappa shape index (κ2) is 11.6. The third-order valence-corrected chi connectivity index (χ3v) is 5.53. The Bertz CT molecular complexity index is 668. The lowest BCUT2D eigenvalue weighted by Crippen LogP contribution is -2.41. The molecule has 1 aromatic rings. The van der Waals surface area contributed by atoms with Gasteiger partial charge in [0.15, 0.2) is 5.96 Å². The summed E-state index contributed by atoms with van der Waals surface area (Å²) < 4.78 is 5.26. The highest BCUT2D eigenvalue weighted by Gasteiger charge is 2.24. The number of hydrogen-bond acceptors (Lipinski definition) is 3. The topological polar surface area (TPSA) is 57.2 Å². The summed E-state index contributed by atoms with van der Waals surface area (Å²) in [7, 11) is 3.58. The van der Waals surface area contributed by atoms with E-state index in [2.05, 4.69) is 39.5 Å². The average molecular weight is 500 g/mol. The molecule has 7 heteroatoms. The summed E-state index contributed by atoms with van der Waals surface area (Å²) in [5.74, 6) is 1.77. The molecule has 0 saturated carbocycles. The van der Waals surface area contributed by atoms with Gasteiger partial charge in [0.25, 0.3) is 0 Å². The summed E-state index contributed by atoms with van der Waals surface area (Å²) in [6.07, 6.45) is 3.51. The van der Waals surface area contributed by atoms with Gasteiger partial charge in [0.1, 0.15) is 0 Å². The number of benzene rings is 1. The van der Waals surface area contributed by atoms with E-state index in [4.69, 9.17) is 4.74 Å². The number of amides is 1. The third kappa shape index (κ3) is 6.07. The van der Waals surface area contributed by atoms with Crippen LogP contribution in [0.3, 0.4) is 0 Å². The van der Waals surface area contributed by atoms with E-state index in [1.807, 2.05) is 11.9 Å². The lowest BCUT2D eigenvalue weighted by molar-refractivity contribution is -0.132. The Labute approximate surface area is 185 Å². The summed E-state index contributed by atoms with van der Waals surface area (Å²) in [4.78, 5) is 21.2. The van der Waals surface area contributed by atoms with E-state index in [1.165, 1.54) is 11.1 Å². The molecule has 1 amide bonds. The molecule has 28 heavy (non-hydrogen) atoms. The van der Waals surface area contributed by atoms with Crippen LogP contribution in [-0.4, -0.2) is 68.6 Å². The third-order valence-electron chi connectivity index (χ3n) is 5.53. The van der Waals surface area contributed by atoms with Crippen LogP contribution in [0.1, 0.15) is 30.4 Å². The molecule has 156 valence electrons. The molecule has 1 atom stereocenters. The number of halogens is 1. The van der Waals surface area contributed by atoms with E-state index < -0.39 is 0 Å². The second-order valence-electron chi connectivity index (χ2n) is 7.47. The van der Waals surface area contributed by atoms with Crippen LogP contribution >= 0.6 is 24.0 Å². The summed E-state index contributed by atoms with van der Waals surface area (Å²) in [5.41, 5.74) is 2.67. The molecular formula is C21H33IN4O2. The fourth-order valence-corrected chi connectivity index (χ4v) is 4.04. The number of carbonyl (C=O) groups excluding carboxylic acids is 1. The number of hydrogen-bond donors (Lipinski definition) is 1. The van der Waals surface area contributed by atoms with Crippen molar-refractivity contribution < 1.29 is 9.53 Å². The second-order valence-corrected chi connectivity index (χ2v) is 7.47. The number of ether oxygens (including phenoxy) is 1. The van der Waals surface area contributed by atoms with Crippen LogP contribution in [0, 0.1) is 5.92 Å². The van der Waals surface area contributed by atoms with Crippen molar-refractivity contribution in [2.75, 3.05) is 46.9 Å². The number of aliphatic imine (C=N–C) groups is 1. The van der Waals surface area contributed by atoms with Crippen molar-refractivity contribution in [1.29, 1.82) is 0 Å². The first kappa shape index (κ1) is 22.9. The van der Waals surface area contributed by atoms with Crippen LogP contribution in [-0.2, 0) is 22.5 Å². The van der Waals surface area contributed by atoms with Crippen LogP contribution < -0.4 is 5.32 Å². The monoisotopic (exact) mass is 500 g/mol. The van der Waals surface area contributed by atoms with Crippen molar-refractivity contribution in [2.24, 2.45) is 10.9 Å². The molecule has 0 aliphatic carbocycles. The Kier molecular flexibility index (Phi) is 9.50. The number of methoxy groups -OCH3 is 1. The Balaban J connectivity index is 0.00000280. The van der Waals surface area contributed by atoms with Crippen LogP contribution in [0.5, 0.6) is 0 Å². The van der Waals surface area contributed by atoms with Gasteiger partial charge in [-0.2, -0.15) is 0 Å². The molecule has 2 aliphatic heterocycles. The van der Waals surface area contributed by atoms with E-state index in [0.717, 1.165) is 64.6 Å². The van der Waals surface area contributed by atoms with Gasteiger partial charge in [-0.15, -0.1) is 24.0 Å². The lowest BCUT2D eigenvalue weighted by Gasteiger charge is -2.29. The molecule has 6 nitrogen and oxygen atoms in total. The van der Waals surface area contributed by atoms with Crippen LogP contribution in [0.4, 0.5) is 0 Å². The van der Waals surface area contributed by atoms with Crippen molar-refractivity contribution in [3.05, 3.63) is 35.4 Å². The quantitative estimate of drug-likeness (QED) is 0.282. The highest BCUT2D eigenvalue weighted by Crippen LogP contribution is 2.19. The Morgan fingerprint density at radius 2 is 2.04 bits per heavy atom. The van der Waals surface area contributed by atoms with Crippen LogP contribution in [0.25, 0.3) is 0 Å². The molecule has 0 spiro atoms. The first-order chi connectivity index (χ1) is 13.2. The van der Waals surface area contributed by atoms with Crippen molar-refractivity contribution in [2.45, 2.75) is 32.2 Å². The average Bonchev–Trinajstić information content (AvgIpc) is 3.16. The number of nitrogens with one attached hydrogen (secondary N) is 1. The summed E-state index contributed by atoms with van der Waals surface area (Å²) in [5, 5.41) is 3.41. The van der Waals surface area contributed by atoms with Crippen molar-refractivity contribution in [1.82, 2.24) is 15.1 Å². The maximum atomic E-state index is 12.5. The zero-order chi connectivity index (χ0) is 19.1. The number of carbonyl (C=O) groups is 1. The van der Waals surface area contributed by atoms with E-state index in [-0.39, 0.29) is 29.9 Å². The molecule has 1 aromatic carbocycles. The van der Waals surface area contributed by atoms with Gasteiger partial charge in [-0.1, -0.05) is 24.3 Å². The fourth-order valence-electron chi connectivity index (χ4n) is 4.04. The predicted octanol–water partition coefficient (Wildman–Crippen LogP) is 2.51. The zero-order valence-electron chi connectivity index (χ0n) is 17.0. The van der Waals surface area contributed by atoms with Crippen LogP contribution in [0.2, 0.25) is 0 Å². The Morgan fingerprint density at radius 3 is 2.79 bits per heavy atom. The minimum Gasteiger partial charge on any atom is -0.384 e. The molecule has 2 heterocycles. The maximum absolute atomic E-state index is 12.5. The van der Waals surface area contributed by atoms with Gasteiger partial charge in [-0.05, 0) is 30.4 Å². The van der Waals surface area contributed by atoms with Gasteiger partial charge < -0.3 is 19.9 Å². The number of rotatable bonds is 6. The van der Waals surface area contributed by atoms with Gasteiger partial charge in [0.2, 0.25) is 5.91 Å². The molecule has 3 rings (SSSR count). The van der Waals surface area contributed by atoms with Gasteiger partial charge in [-0.25, -0.2) is 0 Å². The molecular weight excluding hydrogens is 467 g/mol. The summed E-state index contributed by atoms with van der Waals surface area (Å²) >= 11 is 0. The first-order valence-corrected chi connectivity index (χ1v) is 10.0. The molecule has 1 unspecified atom stereocenters. The van der Waals surface area contributed by atoms with Crippen molar-refractivity contribution in [3.8, 4) is 0 Å². The maximum Gasteiger partial charge on any atom is 0.222 e. The number of fused-ring (bicyclic) bond motifs is 1. The first-order valence-electron chi connectivity index (χ1n) is 10.0. The van der Waals surface area contributed by atoms with E-state index >= 15 is 0 Å². The lowest BCUT2D eigenvalue weighted by atomic mass is 9.99. The predicted molar refractivity (Wildman–Crippen MR) is 123 cm³/mol. The molecule has 1 saturated heterocycles. The standard InChI is InChI=1S/C21H32N4O2.HI/c1-22-21(25-12-9-17(14-25)16-27-2)23-11-5-8-20(26)24-13-10-18-6-3-4-7-19(18)15-24;/h3-4,6-7,17H,5,8-16H2,1-2H3,(H,22,23);1H. The fraction of sp³-hybridized carbons (Fsp3) is 0.619. The molecule has 0 aromatic heterocycles. The minimum atomic E-state index is 0. The molecule has 1 fully saturated rings. The van der Waals surface area contributed by atoms with Gasteiger partial charge in [0, 0.05) is 59.2 Å². The smallest absolute Gasteiger partial charge is 0.222 e. The van der Waals surface area contributed by atoms with E-state index in [0.29, 0.717) is 12.3 Å². The summed E-state index contributed by atoms with van der Waals surface area (Å²) in [6, 6.07) is 8.43. The largest absolute Gasteiger partial charge is 0.384 e. The van der Waals surface area contributed by atoms with Crippen molar-refractivity contribution in [3.63, 3.8) is 0 Å². The minimum absolute atomic E-state index is 0. The number of nitrogens with zero attached hydrogens (tertiary/aromatic N) is 3. The SMILES string of the molecule is CN=C(NCCCC(=O)N1CCc2ccccc2C1)N1CCC(COC)C1.I. The normalized spacial score (nSPS) is 19.2. The van der Waals surface area contributed by atoms with Crippen molar-refractivity contribution >= 4 is 35.8 Å². The highest BCUT2D eigenvalue weighted by molar-refractivity contribution is 14.0. The molecule has 1 N–H and O–H groups in total. The zero-order valence-corrected chi connectivity index (χ0v) is 19.4. The Morgan fingerprint density at radius 1 is 1.25 bits per heavy atom. The number of guanidine groups is 1. The molecule has 0 bridgehead atoms. The molecule has 2 aliphatic rings.